The lowest BCUT2D eigenvalue weighted by Crippen LogP contribution is -2.44. The van der Waals surface area contributed by atoms with E-state index in [0.29, 0.717) is 34.8 Å². The minimum Gasteiger partial charge on any atom is -0.493 e. The van der Waals surface area contributed by atoms with Crippen LogP contribution < -0.4 is 9.47 Å². The third kappa shape index (κ3) is 6.32. The summed E-state index contributed by atoms with van der Waals surface area (Å²) in [5.74, 6) is 0.218. The van der Waals surface area contributed by atoms with E-state index in [1.165, 1.54) is 31.4 Å². The van der Waals surface area contributed by atoms with Crippen LogP contribution in [0.15, 0.2) is 66.7 Å². The van der Waals surface area contributed by atoms with Crippen LogP contribution in [0.4, 0.5) is 8.78 Å². The lowest BCUT2D eigenvalue weighted by atomic mass is 9.72. The molecule has 204 valence electrons. The van der Waals surface area contributed by atoms with Crippen LogP contribution >= 0.6 is 0 Å². The van der Waals surface area contributed by atoms with Crippen molar-refractivity contribution in [1.82, 2.24) is 4.90 Å². The smallest absolute Gasteiger partial charge is 0.161 e. The molecule has 1 saturated heterocycles. The number of piperidine rings is 1. The van der Waals surface area contributed by atoms with Gasteiger partial charge >= 0.3 is 0 Å². The van der Waals surface area contributed by atoms with Gasteiger partial charge in [-0.2, -0.15) is 0 Å². The zero-order chi connectivity index (χ0) is 27.1. The van der Waals surface area contributed by atoms with E-state index >= 15 is 0 Å². The molecule has 8 heteroatoms. The Morgan fingerprint density at radius 1 is 0.921 bits per heavy atom. The number of nitrogens with zero attached hydrogens (tertiary/aromatic N) is 1. The number of aliphatic hydroxyl groups is 3. The summed E-state index contributed by atoms with van der Waals surface area (Å²) in [4.78, 5) is 2.33. The van der Waals surface area contributed by atoms with Gasteiger partial charge in [0.2, 0.25) is 0 Å². The highest BCUT2D eigenvalue weighted by atomic mass is 19.1. The van der Waals surface area contributed by atoms with E-state index in [4.69, 9.17) is 14.6 Å². The highest BCUT2D eigenvalue weighted by molar-refractivity contribution is 5.43. The van der Waals surface area contributed by atoms with E-state index in [2.05, 4.69) is 4.90 Å². The summed E-state index contributed by atoms with van der Waals surface area (Å²) in [6.45, 7) is 2.50. The van der Waals surface area contributed by atoms with E-state index < -0.39 is 11.7 Å². The highest BCUT2D eigenvalue weighted by Gasteiger charge is 2.41. The van der Waals surface area contributed by atoms with Gasteiger partial charge < -0.3 is 29.7 Å². The standard InChI is InChI=1S/C30H35F2NO5/c1-37-29-19-21(27(35)20-34)3-12-28(29)38-18-2-15-33-16-13-24(14-17-33)30(36,22-4-8-25(31)9-5-22)23-6-10-26(32)11-7-23/h3-12,19,24,27,34-36H,2,13-18,20H2,1H3. The number of halogens is 2. The molecule has 1 fully saturated rings. The van der Waals surface area contributed by atoms with Gasteiger partial charge in [0.25, 0.3) is 0 Å². The van der Waals surface area contributed by atoms with E-state index in [0.717, 1.165) is 38.9 Å². The molecule has 1 unspecified atom stereocenters. The molecule has 6 nitrogen and oxygen atoms in total. The lowest BCUT2D eigenvalue weighted by Gasteiger charge is -2.42. The Hall–Kier alpha value is -3.04. The van der Waals surface area contributed by atoms with Crippen molar-refractivity contribution < 1.29 is 33.6 Å². The molecule has 0 radical (unpaired) electrons. The number of likely N-dealkylation sites (tertiary alicyclic amines) is 1. The molecule has 0 bridgehead atoms. The Balaban J connectivity index is 1.34. The van der Waals surface area contributed by atoms with Crippen molar-refractivity contribution >= 4 is 0 Å². The largest absolute Gasteiger partial charge is 0.493 e. The molecule has 4 rings (SSSR count). The number of rotatable bonds is 11. The molecular weight excluding hydrogens is 492 g/mol. The summed E-state index contributed by atoms with van der Waals surface area (Å²) in [7, 11) is 1.53. The minimum absolute atomic E-state index is 0.108. The van der Waals surface area contributed by atoms with Crippen molar-refractivity contribution in [1.29, 1.82) is 0 Å². The van der Waals surface area contributed by atoms with Crippen LogP contribution in [0.3, 0.4) is 0 Å². The molecule has 3 aromatic carbocycles. The fourth-order valence-corrected chi connectivity index (χ4v) is 5.21. The van der Waals surface area contributed by atoms with Gasteiger partial charge in [0.05, 0.1) is 20.3 Å². The first-order valence-corrected chi connectivity index (χ1v) is 12.9. The number of benzene rings is 3. The van der Waals surface area contributed by atoms with Crippen molar-refractivity contribution in [2.45, 2.75) is 31.0 Å². The van der Waals surface area contributed by atoms with E-state index in [-0.39, 0.29) is 24.2 Å². The maximum atomic E-state index is 13.6. The third-order valence-corrected chi connectivity index (χ3v) is 7.37. The molecule has 0 saturated carbocycles. The first-order valence-electron chi connectivity index (χ1n) is 12.9. The van der Waals surface area contributed by atoms with Crippen LogP contribution in [0.1, 0.15) is 42.1 Å². The molecule has 0 spiro atoms. The van der Waals surface area contributed by atoms with Gasteiger partial charge in [0.15, 0.2) is 11.5 Å². The Morgan fingerprint density at radius 2 is 1.50 bits per heavy atom. The maximum Gasteiger partial charge on any atom is 0.161 e. The van der Waals surface area contributed by atoms with Gasteiger partial charge in [-0.15, -0.1) is 0 Å². The van der Waals surface area contributed by atoms with Crippen LogP contribution in [0.5, 0.6) is 11.5 Å². The Kier molecular flexibility index (Phi) is 9.33. The molecule has 1 heterocycles. The zero-order valence-electron chi connectivity index (χ0n) is 21.5. The summed E-state index contributed by atoms with van der Waals surface area (Å²) in [5.41, 5.74) is 0.414. The van der Waals surface area contributed by atoms with Crippen LogP contribution in [-0.2, 0) is 5.60 Å². The van der Waals surface area contributed by atoms with Crippen molar-refractivity contribution in [3.05, 3.63) is 95.1 Å². The number of hydrogen-bond donors (Lipinski definition) is 3. The summed E-state index contributed by atoms with van der Waals surface area (Å²) in [6.07, 6.45) is 1.28. The van der Waals surface area contributed by atoms with E-state index in [1.54, 1.807) is 42.5 Å². The predicted octanol–water partition coefficient (Wildman–Crippen LogP) is 4.42. The molecule has 3 N–H and O–H groups in total. The van der Waals surface area contributed by atoms with Gasteiger partial charge in [0.1, 0.15) is 23.3 Å². The molecule has 3 aromatic rings. The molecular formula is C30H35F2NO5. The van der Waals surface area contributed by atoms with E-state index in [9.17, 15) is 19.0 Å². The van der Waals surface area contributed by atoms with Crippen LogP contribution in [0, 0.1) is 17.6 Å². The first kappa shape index (κ1) is 28.0. The van der Waals surface area contributed by atoms with Gasteiger partial charge in [-0.1, -0.05) is 30.3 Å². The monoisotopic (exact) mass is 527 g/mol. The fraction of sp³-hybridized carbons (Fsp3) is 0.400. The average molecular weight is 528 g/mol. The zero-order valence-corrected chi connectivity index (χ0v) is 21.5. The second kappa shape index (κ2) is 12.7. The number of ether oxygens (including phenoxy) is 2. The van der Waals surface area contributed by atoms with Gasteiger partial charge in [-0.3, -0.25) is 0 Å². The molecule has 1 aliphatic heterocycles. The number of hydrogen-bond acceptors (Lipinski definition) is 6. The normalized spacial score (nSPS) is 15.8. The predicted molar refractivity (Wildman–Crippen MR) is 140 cm³/mol. The van der Waals surface area contributed by atoms with Gasteiger partial charge in [-0.25, -0.2) is 8.78 Å². The molecule has 0 aromatic heterocycles. The number of aliphatic hydroxyl groups excluding tert-OH is 2. The summed E-state index contributed by atoms with van der Waals surface area (Å²) in [6, 6.07) is 16.9. The Morgan fingerprint density at radius 3 is 2.03 bits per heavy atom. The Labute approximate surface area is 222 Å². The Bertz CT molecular complexity index is 1120. The van der Waals surface area contributed by atoms with Crippen molar-refractivity contribution in [2.75, 3.05) is 40.0 Å². The maximum absolute atomic E-state index is 13.6. The molecule has 1 aliphatic rings. The van der Waals surface area contributed by atoms with Crippen LogP contribution in [-0.4, -0.2) is 60.2 Å². The van der Waals surface area contributed by atoms with Crippen molar-refractivity contribution in [3.63, 3.8) is 0 Å². The van der Waals surface area contributed by atoms with E-state index in [1.807, 2.05) is 0 Å². The summed E-state index contributed by atoms with van der Waals surface area (Å²) in [5, 5.41) is 30.9. The minimum atomic E-state index is -1.34. The SMILES string of the molecule is COc1cc(C(O)CO)ccc1OCCCN1CCC(C(O)(c2ccc(F)cc2)c2ccc(F)cc2)CC1. The van der Waals surface area contributed by atoms with Crippen molar-refractivity contribution in [3.8, 4) is 11.5 Å². The van der Waals surface area contributed by atoms with Gasteiger partial charge in [0, 0.05) is 6.54 Å². The number of methoxy groups -OCH3 is 1. The van der Waals surface area contributed by atoms with Crippen LogP contribution in [0.2, 0.25) is 0 Å². The van der Waals surface area contributed by atoms with Crippen molar-refractivity contribution in [2.24, 2.45) is 5.92 Å². The second-order valence-electron chi connectivity index (χ2n) is 9.71. The second-order valence-corrected chi connectivity index (χ2v) is 9.71. The van der Waals surface area contributed by atoms with Gasteiger partial charge in [-0.05, 0) is 91.4 Å². The van der Waals surface area contributed by atoms with Crippen LogP contribution in [0.25, 0.3) is 0 Å². The molecule has 0 amide bonds. The highest BCUT2D eigenvalue weighted by Crippen LogP contribution is 2.42. The topological polar surface area (TPSA) is 82.4 Å². The molecule has 1 atom stereocenters. The molecule has 38 heavy (non-hydrogen) atoms. The summed E-state index contributed by atoms with van der Waals surface area (Å²) >= 11 is 0. The lowest BCUT2D eigenvalue weighted by molar-refractivity contribution is -0.0147. The third-order valence-electron chi connectivity index (χ3n) is 7.37. The quantitative estimate of drug-likeness (QED) is 0.321. The fourth-order valence-electron chi connectivity index (χ4n) is 5.21. The molecule has 0 aliphatic carbocycles. The first-order chi connectivity index (χ1) is 18.3. The summed E-state index contributed by atoms with van der Waals surface area (Å²) < 4.78 is 38.5. The average Bonchev–Trinajstić information content (AvgIpc) is 2.95.